The van der Waals surface area contributed by atoms with Gasteiger partial charge in [0.05, 0.1) is 35.3 Å². The number of benzene rings is 7. The Labute approximate surface area is 418 Å². The maximum Gasteiger partial charge on any atom is 0.277 e. The van der Waals surface area contributed by atoms with E-state index in [1.165, 1.54) is 119 Å². The summed E-state index contributed by atoms with van der Waals surface area (Å²) in [6.07, 6.45) is 3.85. The third-order valence-electron chi connectivity index (χ3n) is 15.1. The van der Waals surface area contributed by atoms with Crippen molar-refractivity contribution in [3.63, 3.8) is 0 Å². The zero-order valence-electron chi connectivity index (χ0n) is 41.8. The summed E-state index contributed by atoms with van der Waals surface area (Å²) in [6, 6.07) is 45.7. The van der Waals surface area contributed by atoms with Gasteiger partial charge in [0, 0.05) is 63.0 Å². The second-order valence-corrected chi connectivity index (χ2v) is 24.2. The highest BCUT2D eigenvalue weighted by molar-refractivity contribution is 7.40. The molecule has 2 aliphatic rings. The van der Waals surface area contributed by atoms with E-state index >= 15 is 0 Å². The molecule has 2 aliphatic heterocycles. The number of thiophene rings is 2. The Balaban J connectivity index is 1.12. The molecule has 0 saturated carbocycles. The summed E-state index contributed by atoms with van der Waals surface area (Å²) in [5.74, 6) is 0. The average molecular weight is 947 g/mol. The van der Waals surface area contributed by atoms with Gasteiger partial charge in [0.15, 0.2) is 0 Å². The minimum atomic E-state index is -0.0181. The minimum absolute atomic E-state index is 0.0181. The third-order valence-corrected chi connectivity index (χ3v) is 17.6. The first-order valence-electron chi connectivity index (χ1n) is 24.6. The van der Waals surface area contributed by atoms with Crippen LogP contribution in [0.5, 0.6) is 0 Å². The molecule has 0 fully saturated rings. The molecule has 0 aliphatic carbocycles. The van der Waals surface area contributed by atoms with Crippen LogP contribution in [0.15, 0.2) is 143 Å². The monoisotopic (exact) mass is 946 g/mol. The fraction of sp³-hybridized carbons (Fsp3) is 0.206. The van der Waals surface area contributed by atoms with E-state index in [-0.39, 0.29) is 17.5 Å². The van der Waals surface area contributed by atoms with Crippen LogP contribution in [0.3, 0.4) is 0 Å². The lowest BCUT2D eigenvalue weighted by Crippen LogP contribution is -2.59. The summed E-state index contributed by atoms with van der Waals surface area (Å²) in [4.78, 5) is 5.35. The molecule has 344 valence electrons. The van der Waals surface area contributed by atoms with Crippen LogP contribution in [0, 0.1) is 34.6 Å². The molecule has 0 unspecified atom stereocenters. The predicted octanol–water partition coefficient (Wildman–Crippen LogP) is 17.2. The van der Waals surface area contributed by atoms with Gasteiger partial charge in [-0.1, -0.05) is 90.1 Å². The normalized spacial score (nSPS) is 13.6. The predicted molar refractivity (Wildman–Crippen MR) is 303 cm³/mol. The summed E-state index contributed by atoms with van der Waals surface area (Å²) in [5, 5.41) is 4.90. The number of fused-ring (bicyclic) bond motifs is 10. The van der Waals surface area contributed by atoms with Gasteiger partial charge in [0.1, 0.15) is 11.2 Å². The van der Waals surface area contributed by atoms with E-state index in [2.05, 4.69) is 195 Å². The number of para-hydroxylation sites is 2. The van der Waals surface area contributed by atoms with Crippen molar-refractivity contribution in [1.29, 1.82) is 0 Å². The van der Waals surface area contributed by atoms with Crippen LogP contribution in [-0.4, -0.2) is 6.71 Å². The highest BCUT2D eigenvalue weighted by atomic mass is 32.1. The Morgan fingerprint density at radius 1 is 0.443 bits per heavy atom. The fourth-order valence-corrected chi connectivity index (χ4v) is 14.5. The van der Waals surface area contributed by atoms with E-state index in [0.717, 1.165) is 33.1 Å². The van der Waals surface area contributed by atoms with E-state index in [1.807, 2.05) is 47.3 Å². The molecule has 4 aromatic heterocycles. The first-order chi connectivity index (χ1) is 33.5. The summed E-state index contributed by atoms with van der Waals surface area (Å²) in [6.45, 7) is 25.5. The summed E-state index contributed by atoms with van der Waals surface area (Å²) in [5.41, 5.74) is 24.1. The Kier molecular flexibility index (Phi) is 9.33. The van der Waals surface area contributed by atoms with Gasteiger partial charge >= 0.3 is 0 Å². The fourth-order valence-electron chi connectivity index (χ4n) is 11.8. The number of nitrogens with zero attached hydrogens (tertiary/aromatic N) is 2. The van der Waals surface area contributed by atoms with Crippen molar-refractivity contribution in [2.75, 3.05) is 9.80 Å². The van der Waals surface area contributed by atoms with Crippen LogP contribution >= 0.6 is 22.7 Å². The number of hydrogen-bond acceptors (Lipinski definition) is 6. The summed E-state index contributed by atoms with van der Waals surface area (Å²) < 4.78 is 17.7. The summed E-state index contributed by atoms with van der Waals surface area (Å²) in [7, 11) is 0. The second-order valence-electron chi connectivity index (χ2n) is 22.1. The minimum Gasteiger partial charge on any atom is -0.464 e. The summed E-state index contributed by atoms with van der Waals surface area (Å²) >= 11 is 3.97. The molecule has 0 amide bonds. The Morgan fingerprint density at radius 3 is 1.24 bits per heavy atom. The molecule has 0 radical (unpaired) electrons. The first kappa shape index (κ1) is 43.2. The van der Waals surface area contributed by atoms with Gasteiger partial charge in [-0.15, -0.1) is 22.7 Å². The topological polar surface area (TPSA) is 32.8 Å². The molecule has 70 heavy (non-hydrogen) atoms. The molecule has 11 aromatic rings. The molecule has 6 heterocycles. The molecule has 0 atom stereocenters. The van der Waals surface area contributed by atoms with Crippen molar-refractivity contribution < 1.29 is 8.83 Å². The van der Waals surface area contributed by atoms with Gasteiger partial charge < -0.3 is 18.6 Å². The van der Waals surface area contributed by atoms with Crippen LogP contribution in [0.4, 0.5) is 34.1 Å². The molecule has 4 nitrogen and oxygen atoms in total. The zero-order chi connectivity index (χ0) is 48.3. The maximum atomic E-state index is 6.12. The molecule has 7 heteroatoms. The quantitative estimate of drug-likeness (QED) is 0.165. The lowest BCUT2D eigenvalue weighted by Gasteiger charge is -2.43. The standard InChI is InChI=1S/C63H55BN2O2S2/c1-34-24-49-55-50(25-34)66(57-37(4)28-40(29-38(57)5)48-33-68-52-19-15-13-17-44(48)52)59-46-31-42(63(9,10)11)21-23-54(46)70-61(59)64(55)60-58(45-30-41(62(6,7)8)20-22-53(45)69-60)65(49)56-35(2)26-39(27-36(56)3)47-32-67-51-18-14-12-16-43(47)51/h12-33H,1-11H3. The molecule has 0 bridgehead atoms. The van der Waals surface area contributed by atoms with Crippen LogP contribution in [0.1, 0.15) is 80.5 Å². The number of aryl methyl sites for hydroxylation is 5. The molecule has 7 aromatic carbocycles. The number of anilines is 6. The van der Waals surface area contributed by atoms with Gasteiger partial charge in [0.2, 0.25) is 0 Å². The lowest BCUT2D eigenvalue weighted by molar-refractivity contribution is 0.591. The van der Waals surface area contributed by atoms with Gasteiger partial charge in [-0.2, -0.15) is 0 Å². The molecular weight excluding hydrogens is 892 g/mol. The largest absolute Gasteiger partial charge is 0.464 e. The molecule has 13 rings (SSSR count). The zero-order valence-corrected chi connectivity index (χ0v) is 43.4. The highest BCUT2D eigenvalue weighted by Gasteiger charge is 2.48. The van der Waals surface area contributed by atoms with Crippen LogP contribution in [0.2, 0.25) is 0 Å². The van der Waals surface area contributed by atoms with Crippen molar-refractivity contribution in [3.05, 3.63) is 173 Å². The van der Waals surface area contributed by atoms with Crippen molar-refractivity contribution in [2.45, 2.75) is 87.0 Å². The number of rotatable bonds is 4. The van der Waals surface area contributed by atoms with E-state index < -0.39 is 0 Å². The van der Waals surface area contributed by atoms with Crippen LogP contribution < -0.4 is 24.8 Å². The average Bonchev–Trinajstić information content (AvgIpc) is 4.12. The van der Waals surface area contributed by atoms with Gasteiger partial charge in [-0.3, -0.25) is 0 Å². The molecular formula is C63H55BN2O2S2. The molecule has 0 saturated heterocycles. The van der Waals surface area contributed by atoms with Crippen molar-refractivity contribution in [3.8, 4) is 22.3 Å². The highest BCUT2D eigenvalue weighted by Crippen LogP contribution is 2.54. The van der Waals surface area contributed by atoms with Crippen molar-refractivity contribution in [1.82, 2.24) is 0 Å². The molecule has 0 spiro atoms. The smallest absolute Gasteiger partial charge is 0.277 e. The van der Waals surface area contributed by atoms with Crippen LogP contribution in [0.25, 0.3) is 64.4 Å². The lowest BCUT2D eigenvalue weighted by atomic mass is 9.39. The van der Waals surface area contributed by atoms with E-state index in [9.17, 15) is 0 Å². The Morgan fingerprint density at radius 2 is 0.843 bits per heavy atom. The van der Waals surface area contributed by atoms with Crippen LogP contribution in [-0.2, 0) is 10.8 Å². The van der Waals surface area contributed by atoms with E-state index in [0.29, 0.717) is 0 Å². The molecule has 0 N–H and O–H groups in total. The van der Waals surface area contributed by atoms with E-state index in [1.54, 1.807) is 0 Å². The SMILES string of the molecule is Cc1cc2c3c(c1)N(c1c(C)cc(-c4coc5ccccc45)cc1C)c1c(sc4ccc(C(C)(C)C)cc14)B3c1sc3ccc(C(C)(C)C)cc3c1N2c1c(C)cc(-c2coc3ccccc23)cc1C. The van der Waals surface area contributed by atoms with Gasteiger partial charge in [0.25, 0.3) is 6.71 Å². The third kappa shape index (κ3) is 6.33. The first-order valence-corrected chi connectivity index (χ1v) is 26.2. The number of furan rings is 2. The van der Waals surface area contributed by atoms with Crippen molar-refractivity contribution in [2.24, 2.45) is 0 Å². The van der Waals surface area contributed by atoms with Gasteiger partial charge in [-0.25, -0.2) is 0 Å². The number of hydrogen-bond donors (Lipinski definition) is 0. The van der Waals surface area contributed by atoms with E-state index in [4.69, 9.17) is 8.83 Å². The van der Waals surface area contributed by atoms with Gasteiger partial charge in [-0.05, 0) is 174 Å². The second kappa shape index (κ2) is 15.1. The Hall–Kier alpha value is -6.80. The maximum absolute atomic E-state index is 6.12. The Bertz CT molecular complexity index is 3710. The van der Waals surface area contributed by atoms with Crippen molar-refractivity contribution >= 4 is 121 Å².